The van der Waals surface area contributed by atoms with E-state index < -0.39 is 23.3 Å². The third-order valence-electron chi connectivity index (χ3n) is 6.69. The van der Waals surface area contributed by atoms with Crippen LogP contribution >= 0.6 is 11.6 Å². The van der Waals surface area contributed by atoms with Gasteiger partial charge in [0.1, 0.15) is 5.78 Å². The second-order valence-electron chi connectivity index (χ2n) is 9.79. The van der Waals surface area contributed by atoms with Crippen LogP contribution in [-0.4, -0.2) is 38.2 Å². The summed E-state index contributed by atoms with van der Waals surface area (Å²) in [5.41, 5.74) is -1.69. The highest BCUT2D eigenvalue weighted by Gasteiger charge is 2.39. The zero-order valence-corrected chi connectivity index (χ0v) is 21.8. The summed E-state index contributed by atoms with van der Waals surface area (Å²) in [4.78, 5) is 25.3. The minimum absolute atomic E-state index is 0.0639. The molecule has 1 amide bonds. The second kappa shape index (κ2) is 11.7. The van der Waals surface area contributed by atoms with Gasteiger partial charge in [0.05, 0.1) is 16.3 Å². The SMILES string of the molecule is CC(C)c1nnc(C2CCC(C(=O)CCCNC(=O)c3cn(-c4ccccc4Cl)nc3C(F)(F)F)CC2)o1. The minimum atomic E-state index is -4.83. The lowest BCUT2D eigenvalue weighted by atomic mass is 9.79. The average Bonchev–Trinajstić information content (AvgIpc) is 3.55. The lowest BCUT2D eigenvalue weighted by Crippen LogP contribution is -2.27. The second-order valence-corrected chi connectivity index (χ2v) is 10.2. The monoisotopic (exact) mass is 551 g/mol. The molecule has 0 bridgehead atoms. The number of aromatic nitrogens is 4. The molecular weight excluding hydrogens is 523 g/mol. The standard InChI is InChI=1S/C26H29ClF3N5O3/c1-15(2)24-32-33-25(38-24)17-11-9-16(10-12-17)21(36)8-5-13-31-23(37)18-14-35(34-22(18)26(28,29)30)20-7-4-3-6-19(20)27/h3-4,6-7,14-17H,5,8-13H2,1-2H3,(H,31,37). The van der Waals surface area contributed by atoms with E-state index in [4.69, 9.17) is 16.0 Å². The molecule has 4 rings (SSSR count). The van der Waals surface area contributed by atoms with Gasteiger partial charge in [0.2, 0.25) is 11.8 Å². The lowest BCUT2D eigenvalue weighted by molar-refractivity contribution is -0.141. The maximum atomic E-state index is 13.6. The van der Waals surface area contributed by atoms with E-state index in [0.29, 0.717) is 31.0 Å². The highest BCUT2D eigenvalue weighted by Crippen LogP contribution is 2.36. The summed E-state index contributed by atoms with van der Waals surface area (Å²) < 4.78 is 47.4. The van der Waals surface area contributed by atoms with Crippen molar-refractivity contribution in [2.24, 2.45) is 5.92 Å². The molecule has 0 spiro atoms. The number of carbonyl (C=O) groups excluding carboxylic acids is 2. The molecule has 0 aliphatic heterocycles. The van der Waals surface area contributed by atoms with Gasteiger partial charge in [0.15, 0.2) is 5.69 Å². The first-order chi connectivity index (χ1) is 18.0. The van der Waals surface area contributed by atoms with Gasteiger partial charge < -0.3 is 9.73 Å². The summed E-state index contributed by atoms with van der Waals surface area (Å²) in [6.07, 6.45) is -0.269. The van der Waals surface area contributed by atoms with Crippen LogP contribution in [-0.2, 0) is 11.0 Å². The van der Waals surface area contributed by atoms with Crippen molar-refractivity contribution in [1.82, 2.24) is 25.3 Å². The number of para-hydroxylation sites is 1. The number of amides is 1. The Morgan fingerprint density at radius 2 is 1.87 bits per heavy atom. The van der Waals surface area contributed by atoms with E-state index in [9.17, 15) is 22.8 Å². The van der Waals surface area contributed by atoms with Crippen LogP contribution in [0.15, 0.2) is 34.9 Å². The van der Waals surface area contributed by atoms with Crippen LogP contribution in [0, 0.1) is 5.92 Å². The molecule has 1 aliphatic rings. The van der Waals surface area contributed by atoms with E-state index in [0.717, 1.165) is 23.7 Å². The zero-order valence-electron chi connectivity index (χ0n) is 21.1. The van der Waals surface area contributed by atoms with Crippen molar-refractivity contribution in [3.63, 3.8) is 0 Å². The molecule has 8 nitrogen and oxygen atoms in total. The van der Waals surface area contributed by atoms with Crippen LogP contribution in [0.5, 0.6) is 0 Å². The van der Waals surface area contributed by atoms with Crippen molar-refractivity contribution in [3.8, 4) is 5.69 Å². The molecule has 0 radical (unpaired) electrons. The molecule has 1 N–H and O–H groups in total. The summed E-state index contributed by atoms with van der Waals surface area (Å²) in [6.45, 7) is 4.03. The number of Topliss-reactive ketones (excluding diaryl/α,β-unsaturated/α-hetero) is 1. The number of rotatable bonds is 9. The topological polar surface area (TPSA) is 103 Å². The number of alkyl halides is 3. The Morgan fingerprint density at radius 1 is 1.16 bits per heavy atom. The first-order valence-corrected chi connectivity index (χ1v) is 13.0. The molecule has 0 atom stereocenters. The maximum absolute atomic E-state index is 13.6. The van der Waals surface area contributed by atoms with Crippen LogP contribution in [0.1, 0.15) is 92.0 Å². The fraction of sp³-hybridized carbons (Fsp3) is 0.500. The summed E-state index contributed by atoms with van der Waals surface area (Å²) in [5.74, 6) is 0.635. The Balaban J connectivity index is 1.27. The summed E-state index contributed by atoms with van der Waals surface area (Å²) in [6, 6.07) is 6.26. The van der Waals surface area contributed by atoms with Crippen molar-refractivity contribution in [2.75, 3.05) is 6.54 Å². The van der Waals surface area contributed by atoms with Gasteiger partial charge in [-0.15, -0.1) is 10.2 Å². The average molecular weight is 552 g/mol. The third-order valence-corrected chi connectivity index (χ3v) is 7.01. The van der Waals surface area contributed by atoms with Crippen molar-refractivity contribution in [2.45, 2.75) is 70.4 Å². The van der Waals surface area contributed by atoms with Gasteiger partial charge in [-0.25, -0.2) is 4.68 Å². The number of carbonyl (C=O) groups is 2. The van der Waals surface area contributed by atoms with E-state index in [1.54, 1.807) is 12.1 Å². The number of nitrogens with one attached hydrogen (secondary N) is 1. The largest absolute Gasteiger partial charge is 0.435 e. The fourth-order valence-electron chi connectivity index (χ4n) is 4.58. The van der Waals surface area contributed by atoms with Gasteiger partial charge in [0.25, 0.3) is 5.91 Å². The first-order valence-electron chi connectivity index (χ1n) is 12.6. The van der Waals surface area contributed by atoms with E-state index in [2.05, 4.69) is 20.6 Å². The number of halogens is 4. The highest BCUT2D eigenvalue weighted by atomic mass is 35.5. The number of hydrogen-bond donors (Lipinski definition) is 1. The van der Waals surface area contributed by atoms with Crippen molar-refractivity contribution in [3.05, 3.63) is 58.5 Å². The maximum Gasteiger partial charge on any atom is 0.435 e. The van der Waals surface area contributed by atoms with Gasteiger partial charge in [0, 0.05) is 36.9 Å². The summed E-state index contributed by atoms with van der Waals surface area (Å²) in [7, 11) is 0. The molecule has 1 saturated carbocycles. The fourth-order valence-corrected chi connectivity index (χ4v) is 4.80. The van der Waals surface area contributed by atoms with Crippen LogP contribution < -0.4 is 5.32 Å². The number of ketones is 1. The molecule has 1 aliphatic carbocycles. The predicted molar refractivity (Wildman–Crippen MR) is 133 cm³/mol. The van der Waals surface area contributed by atoms with Gasteiger partial charge in [-0.05, 0) is 44.2 Å². The highest BCUT2D eigenvalue weighted by molar-refractivity contribution is 6.32. The van der Waals surface area contributed by atoms with Crippen molar-refractivity contribution < 1.29 is 27.2 Å². The van der Waals surface area contributed by atoms with E-state index >= 15 is 0 Å². The normalized spacial score (nSPS) is 18.1. The van der Waals surface area contributed by atoms with Gasteiger partial charge in [-0.1, -0.05) is 37.6 Å². The van der Waals surface area contributed by atoms with E-state index in [1.807, 2.05) is 13.8 Å². The molecule has 1 aromatic carbocycles. The molecule has 1 fully saturated rings. The van der Waals surface area contributed by atoms with Gasteiger partial charge in [-0.2, -0.15) is 18.3 Å². The Morgan fingerprint density at radius 3 is 2.50 bits per heavy atom. The Hall–Kier alpha value is -3.21. The number of hydrogen-bond acceptors (Lipinski definition) is 6. The first kappa shape index (κ1) is 27.8. The third kappa shape index (κ3) is 6.43. The van der Waals surface area contributed by atoms with Crippen LogP contribution in [0.25, 0.3) is 5.69 Å². The quantitative estimate of drug-likeness (QED) is 0.322. The number of nitrogens with zero attached hydrogens (tertiary/aromatic N) is 4. The van der Waals surface area contributed by atoms with Crippen molar-refractivity contribution in [1.29, 1.82) is 0 Å². The summed E-state index contributed by atoms with van der Waals surface area (Å²) >= 11 is 6.08. The number of benzene rings is 1. The van der Waals surface area contributed by atoms with Crippen LogP contribution in [0.2, 0.25) is 5.02 Å². The molecular formula is C26H29ClF3N5O3. The van der Waals surface area contributed by atoms with E-state index in [1.165, 1.54) is 12.1 Å². The van der Waals surface area contributed by atoms with Crippen LogP contribution in [0.3, 0.4) is 0 Å². The Bertz CT molecular complexity index is 1280. The summed E-state index contributed by atoms with van der Waals surface area (Å²) in [5, 5.41) is 14.5. The Kier molecular flexibility index (Phi) is 8.54. The molecule has 3 aromatic rings. The smallest absolute Gasteiger partial charge is 0.425 e. The predicted octanol–water partition coefficient (Wildman–Crippen LogP) is 6.10. The van der Waals surface area contributed by atoms with Crippen molar-refractivity contribution >= 4 is 23.3 Å². The molecule has 38 heavy (non-hydrogen) atoms. The molecule has 12 heteroatoms. The molecule has 0 unspecified atom stereocenters. The molecule has 2 heterocycles. The van der Waals surface area contributed by atoms with Gasteiger partial charge >= 0.3 is 6.18 Å². The Labute approximate surface area is 222 Å². The minimum Gasteiger partial charge on any atom is -0.425 e. The lowest BCUT2D eigenvalue weighted by Gasteiger charge is -2.25. The molecule has 204 valence electrons. The van der Waals surface area contributed by atoms with Gasteiger partial charge in [-0.3, -0.25) is 9.59 Å². The van der Waals surface area contributed by atoms with E-state index in [-0.39, 0.29) is 47.2 Å². The zero-order chi connectivity index (χ0) is 27.4. The molecule has 2 aromatic heterocycles. The van der Waals surface area contributed by atoms with Crippen LogP contribution in [0.4, 0.5) is 13.2 Å². The molecule has 0 saturated heterocycles.